The molecule has 13 aromatic rings. The van der Waals surface area contributed by atoms with Gasteiger partial charge in [-0.25, -0.2) is 14.6 Å². The molecule has 10 heterocycles. The van der Waals surface area contributed by atoms with Gasteiger partial charge in [0.2, 0.25) is 22.6 Å². The number of aromatic amines is 3. The Hall–Kier alpha value is -14.1. The fourth-order valence-electron chi connectivity index (χ4n) is 14.6. The van der Waals surface area contributed by atoms with Gasteiger partial charge in [0.25, 0.3) is 5.76 Å². The fourth-order valence-corrected chi connectivity index (χ4v) is 17.6. The number of ether oxygens (including phenoxy) is 10. The van der Waals surface area contributed by atoms with Crippen molar-refractivity contribution in [2.24, 2.45) is 5.73 Å². The number of pyridine rings is 6. The smallest absolute Gasteiger partial charge is 0.490 e. The number of aliphatic hydroxyl groups is 2. The SMILES string of the molecule is Brc1ccc2c3c(ccnc13)CCO2.CC(=O)OC1=CC(=O)OC(=O)C1.COC1=CC(N)=C(Br)C=[C+]1.COc1ccc(Br)c(NC(=O)C/C(=C\C(=O)O)OC(C)=O)c1.COc1ccc(Br)c2[nH]c(=O)cc(CC(=O)O)c12.COc1ccc(Br)c2[nH]c(=O)cc(CCO)c12.Clc1cc2c3c(ccc(Br)c3n1)OCC2.O=C(O)CC(=O)CC(=O)O.O=c1cc(CCO)c2c(O)ccc(Br)c2[nH]1.OB(O)c1ccc2c3c(ccnc13)CCO2. The summed E-state index contributed by atoms with van der Waals surface area (Å²) in [6, 6.07) is 36.7. The number of aliphatic carboxylic acids is 4. The van der Waals surface area contributed by atoms with Crippen molar-refractivity contribution in [3.8, 4) is 40.2 Å². The molecule has 0 spiro atoms. The molecule has 40 nitrogen and oxygen atoms in total. The fraction of sp³-hybridized carbons (Fsp3) is 0.208. The second kappa shape index (κ2) is 57.6. The number of esters is 4. The van der Waals surface area contributed by atoms with Crippen molar-refractivity contribution in [3.05, 3.63) is 294 Å². The summed E-state index contributed by atoms with van der Waals surface area (Å²) in [6.45, 7) is 4.38. The number of aromatic nitrogens is 6. The molecule has 0 saturated heterocycles. The van der Waals surface area contributed by atoms with Crippen molar-refractivity contribution < 1.29 is 141 Å². The van der Waals surface area contributed by atoms with Crippen LogP contribution in [0, 0.1) is 6.08 Å². The summed E-state index contributed by atoms with van der Waals surface area (Å²) in [5.41, 5.74) is 16.1. The highest BCUT2D eigenvalue weighted by Gasteiger charge is 2.27. The molecule has 0 saturated carbocycles. The first-order valence-corrected chi connectivity index (χ1v) is 49.9. The number of aliphatic hydroxyl groups excluding tert-OH is 2. The first kappa shape index (κ1) is 119. The number of carbonyl (C=O) groups excluding carboxylic acids is 6. The highest BCUT2D eigenvalue weighted by atomic mass is 79.9. The van der Waals surface area contributed by atoms with Gasteiger partial charge in [-0.3, -0.25) is 62.7 Å². The maximum absolute atomic E-state index is 11.9. The lowest BCUT2D eigenvalue weighted by molar-refractivity contribution is -0.158. The number of benzene rings is 7. The predicted molar refractivity (Wildman–Crippen MR) is 577 cm³/mol. The van der Waals surface area contributed by atoms with E-state index in [9.17, 15) is 77.5 Å². The minimum atomic E-state index is -1.50. The number of carboxylic acids is 4. The molecule has 6 aromatic heterocycles. The Morgan fingerprint density at radius 3 is 1.50 bits per heavy atom. The second-order valence-electron chi connectivity index (χ2n) is 31.2. The summed E-state index contributed by atoms with van der Waals surface area (Å²) in [4.78, 5) is 161. The van der Waals surface area contributed by atoms with Crippen LogP contribution in [0.15, 0.2) is 233 Å². The summed E-state index contributed by atoms with van der Waals surface area (Å²) >= 11 is 29.5. The average Bonchev–Trinajstić information content (AvgIpc) is 0.767. The largest absolute Gasteiger partial charge is 0.507 e. The van der Waals surface area contributed by atoms with E-state index in [1.165, 1.54) is 50.5 Å². The molecule has 1 amide bonds. The molecule has 0 fully saturated rings. The van der Waals surface area contributed by atoms with E-state index in [4.69, 9.17) is 81.1 Å². The normalized spacial score (nSPS) is 12.4. The number of nitrogens with two attached hydrogens (primary N) is 1. The molecule has 0 unspecified atom stereocenters. The molecule has 4 aliphatic heterocycles. The molecule has 0 atom stereocenters. The molecule has 0 bridgehead atoms. The van der Waals surface area contributed by atoms with Crippen molar-refractivity contribution in [1.82, 2.24) is 29.9 Å². The number of nitrogens with one attached hydrogen (secondary N) is 4. The second-order valence-corrected chi connectivity index (χ2v) is 37.6. The lowest BCUT2D eigenvalue weighted by atomic mass is 9.78. The number of fused-ring (bicyclic) bond motifs is 3. The predicted octanol–water partition coefficient (Wildman–Crippen LogP) is 14.8. The summed E-state index contributed by atoms with van der Waals surface area (Å²) < 4.78 is 56.1. The Morgan fingerprint density at radius 1 is 0.533 bits per heavy atom. The monoisotopic (exact) mass is 2520 g/mol. The van der Waals surface area contributed by atoms with Gasteiger partial charge in [-0.2, -0.15) is 0 Å². The summed E-state index contributed by atoms with van der Waals surface area (Å²) in [6.07, 6.45) is 12.7. The molecule has 15 N–H and O–H groups in total. The first-order valence-electron chi connectivity index (χ1n) is 43.9. The number of halogens is 8. The number of phenols is 1. The number of anilines is 1. The van der Waals surface area contributed by atoms with Crippen molar-refractivity contribution in [2.75, 3.05) is 66.8 Å². The molecule has 49 heteroatoms. The quantitative estimate of drug-likeness (QED) is 0.00464. The molecule has 5 aliphatic rings. The van der Waals surface area contributed by atoms with Crippen LogP contribution < -0.4 is 61.6 Å². The molecule has 150 heavy (non-hydrogen) atoms. The molecule has 0 radical (unpaired) electrons. The standard InChI is InChI=1S/C14H14BrNO6.C12H10BrNO4.C12H12BrNO3.C11H10BNO3.C11H7BrClNO.C11H10BrNO3.C11H8BrNO.C7H7BrNO.C7H6O5.C5H6O5/c1-8(17)22-10(7-14(19)20)6-13(18)16-12-5-9(21-2)3-4-11(12)15;1-18-8-3-2-7(13)12-11(8)6(5-10(16)17)4-9(15)14-12;1-17-9-3-2-8(13)12-11(9)7(4-5-15)6-10(16)14-12;14-12(15)8-1-2-9-10-7(4-6-16-9)3-5-13-11(8)10;12-7-1-2-8-10-6(3-4-15-8)5-9(13)14-11(7)10;12-7-1-2-8(15)10-6(3-4-14)5-9(16)13-11(7)10;12-8-1-2-9-10-7(4-6-14-9)3-5-13-11(8)10;1-10-5-2-3-6(8)7(9)4-5;1-4(8)11-5-2-6(9)12-7(10)3-5;6-3(1-4(7)8)2-5(9)10/h3-5,7H,6H2,1-2H3,(H,16,18)(H,19,20);2-4H,5H2,1H3,(H,14,15)(H,16,17);2-3,6,15H,4-5H2,1H3,(H,14,16);1-3,5,14-15H,4,6H2;1-2,5H,3-4H2;1-2,5,14-15H,3-4H2,(H,13,16);1-3,5H,4,6H2;3-4H,9H2,1H3;2H,3H2,1H3;1-2H2,(H,7,8)(H,9,10)/q;;;;;;;+1;;/b10-7+;;;;;;;;;. The number of H-pyrrole nitrogens is 3. The summed E-state index contributed by atoms with van der Waals surface area (Å²) in [5.74, 6) is -4.12. The van der Waals surface area contributed by atoms with Crippen LogP contribution in [0.3, 0.4) is 0 Å². The molecule has 1 aliphatic carbocycles. The van der Waals surface area contributed by atoms with Gasteiger partial charge in [-0.15, -0.1) is 0 Å². The van der Waals surface area contributed by atoms with E-state index in [2.05, 4.69) is 173 Å². The zero-order valence-corrected chi connectivity index (χ0v) is 91.5. The van der Waals surface area contributed by atoms with Crippen molar-refractivity contribution in [3.63, 3.8) is 0 Å². The van der Waals surface area contributed by atoms with Crippen molar-refractivity contribution in [1.29, 1.82) is 0 Å². The zero-order chi connectivity index (χ0) is 110. The number of allylic oxidation sites excluding steroid dienone is 4. The van der Waals surface area contributed by atoms with Gasteiger partial charge in [-0.1, -0.05) is 17.7 Å². The maximum Gasteiger partial charge on any atom is 0.490 e. The number of cyclic esters (lactones) is 2. The van der Waals surface area contributed by atoms with E-state index in [0.29, 0.717) is 135 Å². The number of rotatable bonds is 21. The molecule has 784 valence electrons. The number of carboxylic acid groups (broad SMARTS) is 4. The lowest BCUT2D eigenvalue weighted by Gasteiger charge is -2.19. The summed E-state index contributed by atoms with van der Waals surface area (Å²) in [5, 5.41) is 88.1. The molecular formula is C101H90BBr7ClN8O32+. The average molecular weight is 2530 g/mol. The third-order valence-electron chi connectivity index (χ3n) is 20.7. The van der Waals surface area contributed by atoms with Crippen LogP contribution in [0.25, 0.3) is 65.4 Å². The van der Waals surface area contributed by atoms with E-state index >= 15 is 0 Å². The Balaban J connectivity index is 0.000000186. The van der Waals surface area contributed by atoms with Gasteiger partial charge in [0.15, 0.2) is 16.0 Å². The van der Waals surface area contributed by atoms with Crippen molar-refractivity contribution >= 4 is 266 Å². The minimum Gasteiger partial charge on any atom is -0.507 e. The maximum atomic E-state index is 11.9. The van der Waals surface area contributed by atoms with Gasteiger partial charge in [0.05, 0.1) is 118 Å². The van der Waals surface area contributed by atoms with E-state index in [0.717, 1.165) is 118 Å². The zero-order valence-electron chi connectivity index (χ0n) is 79.6. The number of methoxy groups -OCH3 is 4. The highest BCUT2D eigenvalue weighted by molar-refractivity contribution is 9.12. The Kier molecular flexibility index (Phi) is 45.8. The van der Waals surface area contributed by atoms with Crippen LogP contribution in [0.2, 0.25) is 5.15 Å². The number of ketones is 1. The number of aromatic hydroxyl groups is 1. The number of phenolic OH excluding ortho intramolecular Hbond substituents is 1. The van der Waals surface area contributed by atoms with Gasteiger partial charge in [0, 0.05) is 164 Å². The lowest BCUT2D eigenvalue weighted by Crippen LogP contribution is -2.31. The van der Waals surface area contributed by atoms with Gasteiger partial charge in [0.1, 0.15) is 88.3 Å². The van der Waals surface area contributed by atoms with Gasteiger partial charge < -0.3 is 119 Å². The van der Waals surface area contributed by atoms with Gasteiger partial charge in [-0.05, 0) is 239 Å². The van der Waals surface area contributed by atoms with Crippen molar-refractivity contribution in [2.45, 2.75) is 78.1 Å². The van der Waals surface area contributed by atoms with Crippen LogP contribution in [-0.2, 0) is 105 Å². The Bertz CT molecular complexity index is 7670. The van der Waals surface area contributed by atoms with E-state index < -0.39 is 85.8 Å². The molecule has 18 rings (SSSR count). The third kappa shape index (κ3) is 34.5. The van der Waals surface area contributed by atoms with Gasteiger partial charge >= 0.3 is 54.9 Å². The Labute approximate surface area is 914 Å². The number of hydrogen-bond acceptors (Lipinski definition) is 32. The Morgan fingerprint density at radius 2 is 1.01 bits per heavy atom. The number of amides is 1. The highest BCUT2D eigenvalue weighted by Crippen LogP contribution is 2.41. The van der Waals surface area contributed by atoms with Crippen LogP contribution in [0.4, 0.5) is 5.69 Å². The van der Waals surface area contributed by atoms with E-state index in [1.54, 1.807) is 87.2 Å². The van der Waals surface area contributed by atoms with E-state index in [1.807, 2.05) is 54.7 Å². The molecular weight excluding hydrogens is 2440 g/mol. The summed E-state index contributed by atoms with van der Waals surface area (Å²) in [7, 11) is 4.65. The number of nitrogens with zero attached hydrogens (tertiary/aromatic N) is 3. The third-order valence-corrected chi connectivity index (χ3v) is 25.6. The van der Waals surface area contributed by atoms with Crippen LogP contribution in [-0.4, -0.2) is 204 Å². The van der Waals surface area contributed by atoms with Crippen LogP contribution in [0.5, 0.6) is 40.2 Å². The first-order chi connectivity index (χ1) is 71.4. The minimum absolute atomic E-state index is 0.00573. The van der Waals surface area contributed by atoms with E-state index in [-0.39, 0.29) is 60.0 Å². The topological polar surface area (TPSA) is 620 Å². The molecule has 7 aromatic carbocycles. The number of hydrogen-bond donors (Lipinski definition) is 14. The van der Waals surface area contributed by atoms with Crippen LogP contribution in [0.1, 0.15) is 72.9 Å². The number of carbonyl (C=O) groups is 10. The van der Waals surface area contributed by atoms with Crippen LogP contribution >= 0.6 is 123 Å². The number of Topliss-reactive ketones (excluding diaryl/α,β-unsaturated/α-hetero) is 1.